The molecule has 0 saturated carbocycles. The van der Waals surface area contributed by atoms with Crippen LogP contribution in [0.15, 0.2) is 66.7 Å². The zero-order valence-electron chi connectivity index (χ0n) is 24.0. The summed E-state index contributed by atoms with van der Waals surface area (Å²) in [4.78, 5) is 0. The summed E-state index contributed by atoms with van der Waals surface area (Å²) in [7, 11) is 3.46. The second-order valence-electron chi connectivity index (χ2n) is 9.83. The fourth-order valence-electron chi connectivity index (χ4n) is 4.88. The van der Waals surface area contributed by atoms with Crippen molar-refractivity contribution in [3.05, 3.63) is 94.5 Å². The molecule has 0 bridgehead atoms. The molecule has 0 amide bonds. The molecular formula is C33H48Cl2N2O2. The molecule has 2 N–H and O–H groups in total. The zero-order valence-corrected chi connectivity index (χ0v) is 25.6. The van der Waals surface area contributed by atoms with Gasteiger partial charge in [-0.15, -0.1) is 24.8 Å². The average Bonchev–Trinajstić information content (AvgIpc) is 2.93. The van der Waals surface area contributed by atoms with Crippen molar-refractivity contribution >= 4 is 24.8 Å². The third kappa shape index (κ3) is 12.7. The normalized spacial score (nSPS) is 10.4. The number of hydrogen-bond acceptors (Lipinski definition) is 4. The number of unbranched alkanes of at least 4 members (excludes halogenated alkanes) is 3. The van der Waals surface area contributed by atoms with Crippen LogP contribution in [0.4, 0.5) is 0 Å². The first-order valence-electron chi connectivity index (χ1n) is 13.9. The van der Waals surface area contributed by atoms with E-state index in [0.29, 0.717) is 0 Å². The molecule has 0 aliphatic carbocycles. The van der Waals surface area contributed by atoms with Gasteiger partial charge in [0.05, 0.1) is 14.2 Å². The van der Waals surface area contributed by atoms with E-state index in [4.69, 9.17) is 9.47 Å². The Balaban J connectivity index is 0.00000380. The van der Waals surface area contributed by atoms with Crippen molar-refractivity contribution in [2.75, 3.05) is 40.4 Å². The maximum Gasteiger partial charge on any atom is 0.164 e. The van der Waals surface area contributed by atoms with Crippen LogP contribution in [-0.2, 0) is 25.7 Å². The van der Waals surface area contributed by atoms with Gasteiger partial charge in [-0.1, -0.05) is 79.1 Å². The van der Waals surface area contributed by atoms with Crippen LogP contribution < -0.4 is 20.1 Å². The number of nitrogens with one attached hydrogen (secondary N) is 2. The number of aryl methyl sites for hydroxylation is 2. The summed E-state index contributed by atoms with van der Waals surface area (Å²) in [6.07, 6.45) is 9.10. The quantitative estimate of drug-likeness (QED) is 0.158. The summed E-state index contributed by atoms with van der Waals surface area (Å²) in [6.45, 7) is 6.39. The molecule has 216 valence electrons. The largest absolute Gasteiger partial charge is 0.493 e. The van der Waals surface area contributed by atoms with Crippen LogP contribution in [0.1, 0.15) is 53.5 Å². The van der Waals surface area contributed by atoms with Gasteiger partial charge in [0.1, 0.15) is 0 Å². The smallest absolute Gasteiger partial charge is 0.164 e. The molecule has 4 nitrogen and oxygen atoms in total. The lowest BCUT2D eigenvalue weighted by atomic mass is 9.96. The topological polar surface area (TPSA) is 42.5 Å². The highest BCUT2D eigenvalue weighted by atomic mass is 35.5. The molecule has 0 aliphatic rings. The molecule has 39 heavy (non-hydrogen) atoms. The first-order valence-corrected chi connectivity index (χ1v) is 13.9. The van der Waals surface area contributed by atoms with Crippen molar-refractivity contribution in [3.63, 3.8) is 0 Å². The molecule has 3 rings (SSSR count). The molecule has 0 fully saturated rings. The molecule has 0 radical (unpaired) electrons. The van der Waals surface area contributed by atoms with E-state index in [9.17, 15) is 0 Å². The minimum absolute atomic E-state index is 0. The minimum atomic E-state index is 0. The van der Waals surface area contributed by atoms with Crippen LogP contribution in [0.25, 0.3) is 0 Å². The van der Waals surface area contributed by atoms with Gasteiger partial charge in [-0.05, 0) is 94.4 Å². The Morgan fingerprint density at radius 3 is 1.90 bits per heavy atom. The van der Waals surface area contributed by atoms with Crippen molar-refractivity contribution in [1.82, 2.24) is 10.6 Å². The van der Waals surface area contributed by atoms with Crippen molar-refractivity contribution in [3.8, 4) is 11.5 Å². The molecule has 0 aromatic heterocycles. The molecular weight excluding hydrogens is 527 g/mol. The van der Waals surface area contributed by atoms with Crippen LogP contribution in [0.2, 0.25) is 0 Å². The molecule has 0 heterocycles. The van der Waals surface area contributed by atoms with Gasteiger partial charge in [0, 0.05) is 5.56 Å². The van der Waals surface area contributed by atoms with Gasteiger partial charge in [-0.25, -0.2) is 0 Å². The van der Waals surface area contributed by atoms with Crippen LogP contribution >= 0.6 is 24.8 Å². The molecule has 0 spiro atoms. The molecule has 3 aromatic rings. The highest BCUT2D eigenvalue weighted by Crippen LogP contribution is 2.34. The molecule has 0 unspecified atom stereocenters. The van der Waals surface area contributed by atoms with E-state index < -0.39 is 0 Å². The van der Waals surface area contributed by atoms with E-state index >= 15 is 0 Å². The van der Waals surface area contributed by atoms with E-state index in [0.717, 1.165) is 63.4 Å². The summed E-state index contributed by atoms with van der Waals surface area (Å²) in [6, 6.07) is 23.7. The van der Waals surface area contributed by atoms with Gasteiger partial charge < -0.3 is 20.1 Å². The lowest BCUT2D eigenvalue weighted by Crippen LogP contribution is -2.20. The Morgan fingerprint density at radius 2 is 1.26 bits per heavy atom. The summed E-state index contributed by atoms with van der Waals surface area (Å²) in [5.74, 6) is 1.69. The summed E-state index contributed by atoms with van der Waals surface area (Å²) >= 11 is 0. The van der Waals surface area contributed by atoms with Crippen molar-refractivity contribution in [1.29, 1.82) is 0 Å². The fraction of sp³-hybridized carbons (Fsp3) is 0.455. The van der Waals surface area contributed by atoms with E-state index in [1.165, 1.54) is 53.5 Å². The first-order chi connectivity index (χ1) is 18.2. The Bertz CT molecular complexity index is 1050. The lowest BCUT2D eigenvalue weighted by Gasteiger charge is -2.17. The molecule has 0 atom stereocenters. The number of ether oxygens (including phenoxy) is 2. The van der Waals surface area contributed by atoms with Gasteiger partial charge in [0.15, 0.2) is 11.5 Å². The van der Waals surface area contributed by atoms with Crippen LogP contribution in [0.5, 0.6) is 11.5 Å². The van der Waals surface area contributed by atoms with Gasteiger partial charge in [0.2, 0.25) is 0 Å². The predicted octanol–water partition coefficient (Wildman–Crippen LogP) is 7.17. The second-order valence-corrected chi connectivity index (χ2v) is 9.83. The zero-order chi connectivity index (χ0) is 26.1. The Kier molecular flexibility index (Phi) is 18.4. The maximum absolute atomic E-state index is 5.80. The highest BCUT2D eigenvalue weighted by Gasteiger charge is 2.15. The van der Waals surface area contributed by atoms with E-state index in [-0.39, 0.29) is 24.8 Å². The third-order valence-electron chi connectivity index (χ3n) is 6.95. The molecule has 6 heteroatoms. The predicted molar refractivity (Wildman–Crippen MR) is 171 cm³/mol. The molecule has 3 aromatic carbocycles. The van der Waals surface area contributed by atoms with E-state index in [2.05, 4.69) is 78.2 Å². The van der Waals surface area contributed by atoms with Crippen molar-refractivity contribution < 1.29 is 9.47 Å². The SMILES string of the molecule is COc1ccc(CCNCCCCCCNCCc2ccccc2)c(CCc2cccc(C)c2)c1OC.Cl.Cl. The summed E-state index contributed by atoms with van der Waals surface area (Å²) in [5.41, 5.74) is 6.69. The number of methoxy groups -OCH3 is 2. The van der Waals surface area contributed by atoms with Gasteiger partial charge in [-0.2, -0.15) is 0 Å². The van der Waals surface area contributed by atoms with Crippen molar-refractivity contribution in [2.45, 2.75) is 58.3 Å². The number of rotatable bonds is 18. The fourth-order valence-corrected chi connectivity index (χ4v) is 4.88. The monoisotopic (exact) mass is 574 g/mol. The average molecular weight is 576 g/mol. The van der Waals surface area contributed by atoms with Crippen molar-refractivity contribution in [2.24, 2.45) is 0 Å². The second kappa shape index (κ2) is 20.6. The molecule has 0 saturated heterocycles. The Morgan fingerprint density at radius 1 is 0.590 bits per heavy atom. The van der Waals surface area contributed by atoms with Crippen LogP contribution in [0.3, 0.4) is 0 Å². The van der Waals surface area contributed by atoms with Gasteiger partial charge in [-0.3, -0.25) is 0 Å². The van der Waals surface area contributed by atoms with E-state index in [1.54, 1.807) is 14.2 Å². The van der Waals surface area contributed by atoms with E-state index in [1.807, 2.05) is 6.07 Å². The Labute approximate surface area is 249 Å². The standard InChI is InChI=1S/C33H46N2O2.2ClH/c1-27-12-11-15-29(26-27)16-18-31-30(17-19-32(36-2)33(31)37-3)21-25-35-23-10-5-4-9-22-34-24-20-28-13-7-6-8-14-28;;/h6-8,11-15,17,19,26,34-35H,4-5,9-10,16,18,20-25H2,1-3H3;2*1H. The Hall–Kier alpha value is -2.24. The lowest BCUT2D eigenvalue weighted by molar-refractivity contribution is 0.351. The van der Waals surface area contributed by atoms with Gasteiger partial charge in [0.25, 0.3) is 0 Å². The molecule has 0 aliphatic heterocycles. The first kappa shape index (κ1) is 34.8. The summed E-state index contributed by atoms with van der Waals surface area (Å²) < 4.78 is 11.4. The van der Waals surface area contributed by atoms with Crippen LogP contribution in [0, 0.1) is 6.92 Å². The summed E-state index contributed by atoms with van der Waals surface area (Å²) in [5, 5.41) is 7.22. The third-order valence-corrected chi connectivity index (χ3v) is 6.95. The van der Waals surface area contributed by atoms with Crippen LogP contribution in [-0.4, -0.2) is 40.4 Å². The number of halogens is 2. The maximum atomic E-state index is 5.80. The highest BCUT2D eigenvalue weighted by molar-refractivity contribution is 5.85. The number of benzene rings is 3. The number of hydrogen-bond donors (Lipinski definition) is 2. The minimum Gasteiger partial charge on any atom is -0.493 e. The van der Waals surface area contributed by atoms with Gasteiger partial charge >= 0.3 is 0 Å².